The first-order valence-corrected chi connectivity index (χ1v) is 8.64. The van der Waals surface area contributed by atoms with Crippen LogP contribution in [-0.4, -0.2) is 44.3 Å². The van der Waals surface area contributed by atoms with Crippen molar-refractivity contribution in [3.05, 3.63) is 53.7 Å². The fourth-order valence-corrected chi connectivity index (χ4v) is 3.53. The van der Waals surface area contributed by atoms with E-state index in [0.29, 0.717) is 0 Å². The molecule has 0 unspecified atom stereocenters. The summed E-state index contributed by atoms with van der Waals surface area (Å²) in [5.41, 5.74) is 4.03. The van der Waals surface area contributed by atoms with E-state index >= 15 is 0 Å². The summed E-state index contributed by atoms with van der Waals surface area (Å²) in [6, 6.07) is 15.2. The molecule has 2 aliphatic heterocycles. The Balaban J connectivity index is 1.45. The van der Waals surface area contributed by atoms with Crippen LogP contribution in [-0.2, 0) is 12.8 Å². The van der Waals surface area contributed by atoms with Crippen LogP contribution in [0.1, 0.15) is 11.3 Å². The SMILES string of the molecule is c1ccc(N2CCN(c3ccc4c(n3)CCNCC4)CC2)cc1. The third kappa shape index (κ3) is 3.17. The maximum atomic E-state index is 4.96. The van der Waals surface area contributed by atoms with Gasteiger partial charge in [-0.2, -0.15) is 0 Å². The minimum atomic E-state index is 1.04. The van der Waals surface area contributed by atoms with Crippen molar-refractivity contribution >= 4 is 11.5 Å². The number of piperazine rings is 1. The predicted molar refractivity (Wildman–Crippen MR) is 95.4 cm³/mol. The highest BCUT2D eigenvalue weighted by atomic mass is 15.3. The third-order valence-electron chi connectivity index (χ3n) is 4.89. The Bertz CT molecular complexity index is 648. The number of rotatable bonds is 2. The lowest BCUT2D eigenvalue weighted by atomic mass is 10.1. The second kappa shape index (κ2) is 6.59. The maximum Gasteiger partial charge on any atom is 0.128 e. The monoisotopic (exact) mass is 308 g/mol. The molecule has 2 aromatic rings. The molecular formula is C19H24N4. The molecule has 0 aliphatic carbocycles. The maximum absolute atomic E-state index is 4.96. The Labute approximate surface area is 138 Å². The minimum Gasteiger partial charge on any atom is -0.368 e. The van der Waals surface area contributed by atoms with Crippen molar-refractivity contribution < 1.29 is 0 Å². The second-order valence-electron chi connectivity index (χ2n) is 6.33. The zero-order chi connectivity index (χ0) is 15.5. The molecule has 0 radical (unpaired) electrons. The largest absolute Gasteiger partial charge is 0.368 e. The summed E-state index contributed by atoms with van der Waals surface area (Å²) in [6.07, 6.45) is 2.15. The smallest absolute Gasteiger partial charge is 0.128 e. The number of nitrogens with zero attached hydrogens (tertiary/aromatic N) is 3. The van der Waals surface area contributed by atoms with Crippen LogP contribution >= 0.6 is 0 Å². The average Bonchev–Trinajstić information content (AvgIpc) is 2.87. The molecule has 0 bridgehead atoms. The summed E-state index contributed by atoms with van der Waals surface area (Å²) in [4.78, 5) is 9.85. The predicted octanol–water partition coefficient (Wildman–Crippen LogP) is 2.10. The molecule has 120 valence electrons. The van der Waals surface area contributed by atoms with Gasteiger partial charge in [0.25, 0.3) is 0 Å². The van der Waals surface area contributed by atoms with Gasteiger partial charge in [-0.15, -0.1) is 0 Å². The number of para-hydroxylation sites is 1. The van der Waals surface area contributed by atoms with Crippen molar-refractivity contribution in [2.75, 3.05) is 49.1 Å². The Morgan fingerprint density at radius 3 is 2.35 bits per heavy atom. The van der Waals surface area contributed by atoms with Crippen LogP contribution in [0.15, 0.2) is 42.5 Å². The number of aromatic nitrogens is 1. The lowest BCUT2D eigenvalue weighted by Gasteiger charge is -2.37. The lowest BCUT2D eigenvalue weighted by molar-refractivity contribution is 0.645. The fourth-order valence-electron chi connectivity index (χ4n) is 3.53. The van der Waals surface area contributed by atoms with E-state index in [0.717, 1.165) is 57.9 Å². The van der Waals surface area contributed by atoms with Crippen LogP contribution in [0.2, 0.25) is 0 Å². The first-order valence-electron chi connectivity index (χ1n) is 8.64. The molecule has 0 saturated carbocycles. The van der Waals surface area contributed by atoms with Crippen molar-refractivity contribution in [2.45, 2.75) is 12.8 Å². The standard InChI is InChI=1S/C19H24N4/c1-2-4-17(5-3-1)22-12-14-23(15-13-22)19-7-6-16-8-10-20-11-9-18(16)21-19/h1-7,20H,8-15H2. The summed E-state index contributed by atoms with van der Waals surface area (Å²) in [6.45, 7) is 6.32. The molecule has 1 aromatic carbocycles. The molecule has 1 N–H and O–H groups in total. The number of anilines is 2. The zero-order valence-corrected chi connectivity index (χ0v) is 13.5. The molecule has 3 heterocycles. The highest BCUT2D eigenvalue weighted by Gasteiger charge is 2.19. The van der Waals surface area contributed by atoms with Gasteiger partial charge in [-0.3, -0.25) is 0 Å². The average molecular weight is 308 g/mol. The van der Waals surface area contributed by atoms with Crippen LogP contribution in [0.5, 0.6) is 0 Å². The number of nitrogens with one attached hydrogen (secondary N) is 1. The molecule has 4 heteroatoms. The van der Waals surface area contributed by atoms with E-state index in [1.807, 2.05) is 0 Å². The van der Waals surface area contributed by atoms with Crippen molar-refractivity contribution in [3.63, 3.8) is 0 Å². The molecule has 0 amide bonds. The van der Waals surface area contributed by atoms with Gasteiger partial charge in [-0.1, -0.05) is 24.3 Å². The van der Waals surface area contributed by atoms with Gasteiger partial charge in [0.05, 0.1) is 0 Å². The van der Waals surface area contributed by atoms with Gasteiger partial charge in [0, 0.05) is 50.5 Å². The molecule has 1 fully saturated rings. The van der Waals surface area contributed by atoms with E-state index in [1.54, 1.807) is 0 Å². The number of hydrogen-bond acceptors (Lipinski definition) is 4. The Kier molecular flexibility index (Phi) is 4.16. The first kappa shape index (κ1) is 14.5. The van der Waals surface area contributed by atoms with Gasteiger partial charge in [-0.05, 0) is 36.7 Å². The van der Waals surface area contributed by atoms with Gasteiger partial charge in [-0.25, -0.2) is 4.98 Å². The Morgan fingerprint density at radius 2 is 1.52 bits per heavy atom. The molecule has 1 aromatic heterocycles. The van der Waals surface area contributed by atoms with Crippen LogP contribution in [0.4, 0.5) is 11.5 Å². The molecule has 4 nitrogen and oxygen atoms in total. The molecule has 23 heavy (non-hydrogen) atoms. The molecule has 1 saturated heterocycles. The van der Waals surface area contributed by atoms with Crippen molar-refractivity contribution in [1.82, 2.24) is 10.3 Å². The first-order chi connectivity index (χ1) is 11.4. The van der Waals surface area contributed by atoms with Gasteiger partial charge in [0.15, 0.2) is 0 Å². The van der Waals surface area contributed by atoms with E-state index < -0.39 is 0 Å². The molecule has 0 spiro atoms. The highest BCUT2D eigenvalue weighted by Crippen LogP contribution is 2.21. The van der Waals surface area contributed by atoms with Gasteiger partial charge in [0.2, 0.25) is 0 Å². The summed E-state index contributed by atoms with van der Waals surface area (Å²) in [5, 5.41) is 3.46. The lowest BCUT2D eigenvalue weighted by Crippen LogP contribution is -2.46. The van der Waals surface area contributed by atoms with Crippen LogP contribution in [0.3, 0.4) is 0 Å². The quantitative estimate of drug-likeness (QED) is 0.920. The molecule has 4 rings (SSSR count). The Morgan fingerprint density at radius 1 is 0.783 bits per heavy atom. The van der Waals surface area contributed by atoms with Gasteiger partial charge in [0.1, 0.15) is 5.82 Å². The van der Waals surface area contributed by atoms with E-state index in [4.69, 9.17) is 4.98 Å². The highest BCUT2D eigenvalue weighted by molar-refractivity contribution is 5.49. The van der Waals surface area contributed by atoms with Crippen molar-refractivity contribution in [3.8, 4) is 0 Å². The normalized spacial score (nSPS) is 18.4. The van der Waals surface area contributed by atoms with Crippen LogP contribution < -0.4 is 15.1 Å². The summed E-state index contributed by atoms with van der Waals surface area (Å²) < 4.78 is 0. The Hall–Kier alpha value is -2.07. The van der Waals surface area contributed by atoms with E-state index in [9.17, 15) is 0 Å². The second-order valence-corrected chi connectivity index (χ2v) is 6.33. The van der Waals surface area contributed by atoms with E-state index in [2.05, 4.69) is 57.6 Å². The third-order valence-corrected chi connectivity index (χ3v) is 4.89. The minimum absolute atomic E-state index is 1.04. The number of benzene rings is 1. The summed E-state index contributed by atoms with van der Waals surface area (Å²) in [5.74, 6) is 1.15. The van der Waals surface area contributed by atoms with Crippen LogP contribution in [0.25, 0.3) is 0 Å². The van der Waals surface area contributed by atoms with Crippen molar-refractivity contribution in [1.29, 1.82) is 0 Å². The van der Waals surface area contributed by atoms with E-state index in [-0.39, 0.29) is 0 Å². The van der Waals surface area contributed by atoms with Crippen molar-refractivity contribution in [2.24, 2.45) is 0 Å². The van der Waals surface area contributed by atoms with Gasteiger partial charge < -0.3 is 15.1 Å². The number of pyridine rings is 1. The van der Waals surface area contributed by atoms with Crippen LogP contribution in [0, 0.1) is 0 Å². The molecular weight excluding hydrogens is 284 g/mol. The molecule has 2 aliphatic rings. The number of fused-ring (bicyclic) bond motifs is 1. The fraction of sp³-hybridized carbons (Fsp3) is 0.421. The topological polar surface area (TPSA) is 31.4 Å². The van der Waals surface area contributed by atoms with E-state index in [1.165, 1.54) is 16.9 Å². The summed E-state index contributed by atoms with van der Waals surface area (Å²) in [7, 11) is 0. The summed E-state index contributed by atoms with van der Waals surface area (Å²) >= 11 is 0. The molecule has 0 atom stereocenters. The van der Waals surface area contributed by atoms with Gasteiger partial charge >= 0.3 is 0 Å². The zero-order valence-electron chi connectivity index (χ0n) is 13.5. The number of hydrogen-bond donors (Lipinski definition) is 1.